The van der Waals surface area contributed by atoms with Crippen molar-refractivity contribution in [2.24, 2.45) is 11.7 Å². The van der Waals surface area contributed by atoms with Gasteiger partial charge in [0.05, 0.1) is 0 Å². The van der Waals surface area contributed by atoms with Crippen LogP contribution in [0.3, 0.4) is 0 Å². The first-order valence-corrected chi connectivity index (χ1v) is 5.83. The summed E-state index contributed by atoms with van der Waals surface area (Å²) in [7, 11) is 0. The molecule has 0 bridgehead atoms. The van der Waals surface area contributed by atoms with Crippen molar-refractivity contribution in [2.75, 3.05) is 5.32 Å². The van der Waals surface area contributed by atoms with Crippen LogP contribution in [0.5, 0.6) is 0 Å². The standard InChI is InChI=1S/C11H17ClN4O/c1-6(2)8(13)5-10(17)16-11-14-7(3)4-9(12)15-11/h4,6,8H,5,13H2,1-3H3,(H,14,15,16,17). The summed E-state index contributed by atoms with van der Waals surface area (Å²) in [5.41, 5.74) is 6.51. The molecule has 0 fully saturated rings. The Labute approximate surface area is 106 Å². The van der Waals surface area contributed by atoms with E-state index in [1.165, 1.54) is 0 Å². The van der Waals surface area contributed by atoms with Gasteiger partial charge in [0.2, 0.25) is 11.9 Å². The molecule has 17 heavy (non-hydrogen) atoms. The molecular weight excluding hydrogens is 240 g/mol. The number of carbonyl (C=O) groups is 1. The van der Waals surface area contributed by atoms with Crippen LogP contribution in [0.1, 0.15) is 26.0 Å². The Hall–Kier alpha value is -1.20. The zero-order valence-corrected chi connectivity index (χ0v) is 11.0. The van der Waals surface area contributed by atoms with Gasteiger partial charge in [-0.05, 0) is 18.9 Å². The number of halogens is 1. The molecule has 0 aliphatic carbocycles. The van der Waals surface area contributed by atoms with Crippen LogP contribution >= 0.6 is 11.6 Å². The topological polar surface area (TPSA) is 80.9 Å². The Kier molecular flexibility index (Phi) is 4.84. The average Bonchev–Trinajstić information content (AvgIpc) is 2.14. The molecule has 0 aliphatic heterocycles. The largest absolute Gasteiger partial charge is 0.327 e. The van der Waals surface area contributed by atoms with E-state index >= 15 is 0 Å². The summed E-state index contributed by atoms with van der Waals surface area (Å²) in [4.78, 5) is 19.6. The number of nitrogens with two attached hydrogens (primary N) is 1. The lowest BCUT2D eigenvalue weighted by Gasteiger charge is -2.14. The zero-order chi connectivity index (χ0) is 13.0. The number of amides is 1. The Morgan fingerprint density at radius 1 is 1.53 bits per heavy atom. The van der Waals surface area contributed by atoms with Crippen molar-refractivity contribution in [2.45, 2.75) is 33.2 Å². The van der Waals surface area contributed by atoms with Crippen LogP contribution in [0.25, 0.3) is 0 Å². The van der Waals surface area contributed by atoms with Crippen LogP contribution in [0.4, 0.5) is 5.95 Å². The Balaban J connectivity index is 2.62. The van der Waals surface area contributed by atoms with Gasteiger partial charge in [0, 0.05) is 18.2 Å². The highest BCUT2D eigenvalue weighted by atomic mass is 35.5. The molecule has 1 unspecified atom stereocenters. The highest BCUT2D eigenvalue weighted by Crippen LogP contribution is 2.10. The maximum Gasteiger partial charge on any atom is 0.231 e. The normalized spacial score (nSPS) is 12.6. The van der Waals surface area contributed by atoms with E-state index in [-0.39, 0.29) is 30.2 Å². The van der Waals surface area contributed by atoms with Gasteiger partial charge < -0.3 is 5.73 Å². The number of nitrogens with zero attached hydrogens (tertiary/aromatic N) is 2. The molecule has 1 aromatic rings. The van der Waals surface area contributed by atoms with Gasteiger partial charge in [-0.3, -0.25) is 10.1 Å². The first-order chi connectivity index (χ1) is 7.88. The number of hydrogen-bond donors (Lipinski definition) is 2. The molecule has 94 valence electrons. The predicted molar refractivity (Wildman–Crippen MR) is 67.8 cm³/mol. The number of aryl methyl sites for hydroxylation is 1. The van der Waals surface area contributed by atoms with Gasteiger partial charge in [0.25, 0.3) is 0 Å². The fourth-order valence-electron chi connectivity index (χ4n) is 1.21. The van der Waals surface area contributed by atoms with E-state index in [2.05, 4.69) is 15.3 Å². The fourth-order valence-corrected chi connectivity index (χ4v) is 1.45. The third-order valence-electron chi connectivity index (χ3n) is 2.35. The molecule has 3 N–H and O–H groups in total. The monoisotopic (exact) mass is 256 g/mol. The van der Waals surface area contributed by atoms with Crippen LogP contribution in [0.15, 0.2) is 6.07 Å². The SMILES string of the molecule is Cc1cc(Cl)nc(NC(=O)CC(N)C(C)C)n1. The van der Waals surface area contributed by atoms with E-state index in [1.54, 1.807) is 13.0 Å². The average molecular weight is 257 g/mol. The van der Waals surface area contributed by atoms with E-state index in [4.69, 9.17) is 17.3 Å². The van der Waals surface area contributed by atoms with E-state index in [0.29, 0.717) is 10.8 Å². The molecule has 0 saturated carbocycles. The molecule has 5 nitrogen and oxygen atoms in total. The molecule has 6 heteroatoms. The zero-order valence-electron chi connectivity index (χ0n) is 10.2. The van der Waals surface area contributed by atoms with E-state index in [9.17, 15) is 4.79 Å². The lowest BCUT2D eigenvalue weighted by atomic mass is 10.0. The molecule has 0 radical (unpaired) electrons. The van der Waals surface area contributed by atoms with Crippen molar-refractivity contribution in [3.05, 3.63) is 16.9 Å². The van der Waals surface area contributed by atoms with Crippen LogP contribution < -0.4 is 11.1 Å². The number of rotatable bonds is 4. The second-order valence-corrected chi connectivity index (χ2v) is 4.70. The number of carbonyl (C=O) groups excluding carboxylic acids is 1. The van der Waals surface area contributed by atoms with Crippen molar-refractivity contribution >= 4 is 23.5 Å². The second-order valence-electron chi connectivity index (χ2n) is 4.32. The molecular formula is C11H17ClN4O. The lowest BCUT2D eigenvalue weighted by molar-refractivity contribution is -0.116. The first-order valence-electron chi connectivity index (χ1n) is 5.45. The van der Waals surface area contributed by atoms with Crippen LogP contribution in [0, 0.1) is 12.8 Å². The Bertz CT molecular complexity index is 388. The van der Waals surface area contributed by atoms with Gasteiger partial charge >= 0.3 is 0 Å². The molecule has 0 spiro atoms. The number of nitrogens with one attached hydrogen (secondary N) is 1. The molecule has 1 heterocycles. The van der Waals surface area contributed by atoms with Crippen molar-refractivity contribution in [3.63, 3.8) is 0 Å². The van der Waals surface area contributed by atoms with Gasteiger partial charge in [-0.25, -0.2) is 9.97 Å². The molecule has 0 aromatic carbocycles. The number of hydrogen-bond acceptors (Lipinski definition) is 4. The molecule has 1 amide bonds. The minimum atomic E-state index is -0.201. The lowest BCUT2D eigenvalue weighted by Crippen LogP contribution is -2.31. The first kappa shape index (κ1) is 13.9. The van der Waals surface area contributed by atoms with E-state index in [0.717, 1.165) is 0 Å². The maximum absolute atomic E-state index is 11.6. The smallest absolute Gasteiger partial charge is 0.231 e. The summed E-state index contributed by atoms with van der Waals surface area (Å²) in [5.74, 6) is 0.270. The van der Waals surface area contributed by atoms with Crippen molar-refractivity contribution in [3.8, 4) is 0 Å². The minimum Gasteiger partial charge on any atom is -0.327 e. The van der Waals surface area contributed by atoms with Gasteiger partial charge in [0.1, 0.15) is 5.15 Å². The fraction of sp³-hybridized carbons (Fsp3) is 0.545. The highest BCUT2D eigenvalue weighted by molar-refractivity contribution is 6.29. The summed E-state index contributed by atoms with van der Waals surface area (Å²) < 4.78 is 0. The van der Waals surface area contributed by atoms with Crippen molar-refractivity contribution < 1.29 is 4.79 Å². The quantitative estimate of drug-likeness (QED) is 0.805. The number of aromatic nitrogens is 2. The van der Waals surface area contributed by atoms with Crippen molar-refractivity contribution in [1.29, 1.82) is 0 Å². The summed E-state index contributed by atoms with van der Waals surface area (Å²) >= 11 is 5.76. The van der Waals surface area contributed by atoms with Gasteiger partial charge in [0.15, 0.2) is 0 Å². The molecule has 0 saturated heterocycles. The van der Waals surface area contributed by atoms with E-state index < -0.39 is 0 Å². The van der Waals surface area contributed by atoms with Crippen LogP contribution in [-0.4, -0.2) is 21.9 Å². The number of anilines is 1. The minimum absolute atomic E-state index is 0.171. The molecule has 1 rings (SSSR count). The molecule has 1 atom stereocenters. The highest BCUT2D eigenvalue weighted by Gasteiger charge is 2.14. The van der Waals surface area contributed by atoms with Gasteiger partial charge in [-0.1, -0.05) is 25.4 Å². The Morgan fingerprint density at radius 3 is 2.71 bits per heavy atom. The molecule has 1 aromatic heterocycles. The second kappa shape index (κ2) is 5.93. The Morgan fingerprint density at radius 2 is 2.18 bits per heavy atom. The maximum atomic E-state index is 11.6. The predicted octanol–water partition coefficient (Wildman–Crippen LogP) is 1.75. The van der Waals surface area contributed by atoms with E-state index in [1.807, 2.05) is 13.8 Å². The van der Waals surface area contributed by atoms with Crippen LogP contribution in [-0.2, 0) is 4.79 Å². The van der Waals surface area contributed by atoms with Gasteiger partial charge in [-0.2, -0.15) is 0 Å². The summed E-state index contributed by atoms with van der Waals surface area (Å²) in [6.07, 6.45) is 0.243. The summed E-state index contributed by atoms with van der Waals surface area (Å²) in [6, 6.07) is 1.45. The molecule has 0 aliphatic rings. The van der Waals surface area contributed by atoms with Crippen molar-refractivity contribution in [1.82, 2.24) is 9.97 Å². The third kappa shape index (κ3) is 4.66. The third-order valence-corrected chi connectivity index (χ3v) is 2.55. The van der Waals surface area contributed by atoms with Crippen LogP contribution in [0.2, 0.25) is 5.15 Å². The van der Waals surface area contributed by atoms with Gasteiger partial charge in [-0.15, -0.1) is 0 Å². The summed E-state index contributed by atoms with van der Waals surface area (Å²) in [5, 5.41) is 2.89. The summed E-state index contributed by atoms with van der Waals surface area (Å²) in [6.45, 7) is 5.72.